The SMILES string of the molecule is CC1=NC2=C(CCC2)NC1. The fraction of sp³-hybridized carbons (Fsp3) is 0.625. The molecule has 0 bridgehead atoms. The van der Waals surface area contributed by atoms with Crippen LogP contribution in [0.5, 0.6) is 0 Å². The molecule has 1 aliphatic carbocycles. The lowest BCUT2D eigenvalue weighted by molar-refractivity contribution is 0.823. The summed E-state index contributed by atoms with van der Waals surface area (Å²) in [6, 6.07) is 0. The Bertz CT molecular complexity index is 213. The molecule has 0 radical (unpaired) electrons. The van der Waals surface area contributed by atoms with E-state index >= 15 is 0 Å². The summed E-state index contributed by atoms with van der Waals surface area (Å²) in [6.45, 7) is 3.04. The van der Waals surface area contributed by atoms with E-state index in [1.807, 2.05) is 0 Å². The molecule has 0 aromatic rings. The van der Waals surface area contributed by atoms with Crippen LogP contribution in [0.3, 0.4) is 0 Å². The minimum Gasteiger partial charge on any atom is -0.382 e. The maximum Gasteiger partial charge on any atom is 0.0592 e. The highest BCUT2D eigenvalue weighted by molar-refractivity contribution is 5.86. The first-order chi connectivity index (χ1) is 4.86. The largest absolute Gasteiger partial charge is 0.382 e. The molecular formula is C8H12N2. The maximum atomic E-state index is 4.48. The number of nitrogens with one attached hydrogen (secondary N) is 1. The van der Waals surface area contributed by atoms with Gasteiger partial charge < -0.3 is 5.32 Å². The van der Waals surface area contributed by atoms with Gasteiger partial charge in [-0.3, -0.25) is 4.99 Å². The van der Waals surface area contributed by atoms with Crippen molar-refractivity contribution in [2.24, 2.45) is 4.99 Å². The Labute approximate surface area is 61.0 Å². The lowest BCUT2D eigenvalue weighted by Crippen LogP contribution is -2.24. The molecule has 2 heteroatoms. The van der Waals surface area contributed by atoms with Crippen LogP contribution in [0.2, 0.25) is 0 Å². The van der Waals surface area contributed by atoms with E-state index in [2.05, 4.69) is 17.2 Å². The number of nitrogens with zero attached hydrogens (tertiary/aromatic N) is 1. The topological polar surface area (TPSA) is 24.4 Å². The van der Waals surface area contributed by atoms with Gasteiger partial charge in [0.25, 0.3) is 0 Å². The smallest absolute Gasteiger partial charge is 0.0592 e. The first-order valence-corrected chi connectivity index (χ1v) is 3.86. The van der Waals surface area contributed by atoms with Gasteiger partial charge in [0.15, 0.2) is 0 Å². The van der Waals surface area contributed by atoms with Gasteiger partial charge in [0.2, 0.25) is 0 Å². The summed E-state index contributed by atoms with van der Waals surface area (Å²) in [6.07, 6.45) is 3.68. The number of aliphatic imine (C=N–C) groups is 1. The average Bonchev–Trinajstić information content (AvgIpc) is 2.33. The van der Waals surface area contributed by atoms with Gasteiger partial charge in [0.05, 0.1) is 12.2 Å². The number of allylic oxidation sites excluding steroid dienone is 2. The molecule has 10 heavy (non-hydrogen) atoms. The molecule has 2 aliphatic rings. The number of rotatable bonds is 0. The maximum absolute atomic E-state index is 4.48. The Kier molecular flexibility index (Phi) is 1.26. The zero-order valence-corrected chi connectivity index (χ0v) is 6.28. The van der Waals surface area contributed by atoms with Gasteiger partial charge >= 0.3 is 0 Å². The van der Waals surface area contributed by atoms with Crippen molar-refractivity contribution >= 4 is 5.71 Å². The molecule has 0 spiro atoms. The quantitative estimate of drug-likeness (QED) is 0.535. The summed E-state index contributed by atoms with van der Waals surface area (Å²) in [5.74, 6) is 0. The van der Waals surface area contributed by atoms with Crippen LogP contribution in [0.15, 0.2) is 16.4 Å². The van der Waals surface area contributed by atoms with Crippen LogP contribution >= 0.6 is 0 Å². The van der Waals surface area contributed by atoms with Crippen molar-refractivity contribution in [3.05, 3.63) is 11.4 Å². The van der Waals surface area contributed by atoms with Gasteiger partial charge in [-0.25, -0.2) is 0 Å². The zero-order chi connectivity index (χ0) is 6.97. The van der Waals surface area contributed by atoms with E-state index in [1.54, 1.807) is 0 Å². The fourth-order valence-corrected chi connectivity index (χ4v) is 1.55. The molecule has 0 amide bonds. The van der Waals surface area contributed by atoms with Gasteiger partial charge in [-0.05, 0) is 26.2 Å². The third-order valence-electron chi connectivity index (χ3n) is 2.07. The van der Waals surface area contributed by atoms with E-state index < -0.39 is 0 Å². The van der Waals surface area contributed by atoms with Gasteiger partial charge in [-0.1, -0.05) is 0 Å². The number of hydrogen-bond acceptors (Lipinski definition) is 2. The second-order valence-corrected chi connectivity index (χ2v) is 2.98. The molecule has 1 heterocycles. The highest BCUT2D eigenvalue weighted by Gasteiger charge is 2.16. The molecule has 2 nitrogen and oxygen atoms in total. The predicted octanol–water partition coefficient (Wildman–Crippen LogP) is 1.45. The van der Waals surface area contributed by atoms with E-state index in [-0.39, 0.29) is 0 Å². The molecular weight excluding hydrogens is 124 g/mol. The van der Waals surface area contributed by atoms with E-state index in [1.165, 1.54) is 36.4 Å². The second-order valence-electron chi connectivity index (χ2n) is 2.98. The first kappa shape index (κ1) is 5.96. The lowest BCUT2D eigenvalue weighted by Gasteiger charge is -2.13. The van der Waals surface area contributed by atoms with Gasteiger partial charge in [0, 0.05) is 11.4 Å². The highest BCUT2D eigenvalue weighted by atomic mass is 15.0. The normalized spacial score (nSPS) is 23.9. The van der Waals surface area contributed by atoms with Crippen molar-refractivity contribution in [3.8, 4) is 0 Å². The number of hydrogen-bond donors (Lipinski definition) is 1. The molecule has 0 aromatic carbocycles. The van der Waals surface area contributed by atoms with E-state index in [4.69, 9.17) is 0 Å². The van der Waals surface area contributed by atoms with Crippen LogP contribution in [0.25, 0.3) is 0 Å². The minimum absolute atomic E-state index is 0.957. The molecule has 0 saturated carbocycles. The highest BCUT2D eigenvalue weighted by Crippen LogP contribution is 2.26. The van der Waals surface area contributed by atoms with Crippen LogP contribution in [0, 0.1) is 0 Å². The molecule has 2 rings (SSSR count). The molecule has 0 fully saturated rings. The molecule has 54 valence electrons. The van der Waals surface area contributed by atoms with Gasteiger partial charge in [-0.15, -0.1) is 0 Å². The Balaban J connectivity index is 2.29. The molecule has 0 aromatic heterocycles. The summed E-state index contributed by atoms with van der Waals surface area (Å²) < 4.78 is 0. The Morgan fingerprint density at radius 2 is 2.30 bits per heavy atom. The minimum atomic E-state index is 0.957. The monoisotopic (exact) mass is 136 g/mol. The Hall–Kier alpha value is -0.790. The average molecular weight is 136 g/mol. The molecule has 1 aliphatic heterocycles. The Morgan fingerprint density at radius 3 is 3.20 bits per heavy atom. The van der Waals surface area contributed by atoms with Crippen molar-refractivity contribution in [1.29, 1.82) is 0 Å². The van der Waals surface area contributed by atoms with Gasteiger partial charge in [-0.2, -0.15) is 0 Å². The standard InChI is InChI=1S/C8H12N2/c1-6-5-9-7-3-2-4-8(7)10-6/h9H,2-5H2,1H3. The Morgan fingerprint density at radius 1 is 1.40 bits per heavy atom. The van der Waals surface area contributed by atoms with E-state index in [9.17, 15) is 0 Å². The van der Waals surface area contributed by atoms with E-state index in [0.29, 0.717) is 0 Å². The fourth-order valence-electron chi connectivity index (χ4n) is 1.55. The first-order valence-electron chi connectivity index (χ1n) is 3.86. The molecule has 0 unspecified atom stereocenters. The van der Waals surface area contributed by atoms with Crippen molar-refractivity contribution in [1.82, 2.24) is 5.32 Å². The molecule has 1 N–H and O–H groups in total. The van der Waals surface area contributed by atoms with E-state index in [0.717, 1.165) is 6.54 Å². The summed E-state index contributed by atoms with van der Waals surface area (Å²) in [7, 11) is 0. The summed E-state index contributed by atoms with van der Waals surface area (Å²) >= 11 is 0. The predicted molar refractivity (Wildman–Crippen MR) is 42.0 cm³/mol. The van der Waals surface area contributed by atoms with Crippen molar-refractivity contribution in [2.75, 3.05) is 6.54 Å². The third-order valence-corrected chi connectivity index (χ3v) is 2.07. The van der Waals surface area contributed by atoms with Crippen LogP contribution in [-0.2, 0) is 0 Å². The van der Waals surface area contributed by atoms with Crippen LogP contribution in [0.1, 0.15) is 26.2 Å². The summed E-state index contributed by atoms with van der Waals surface area (Å²) in [5.41, 5.74) is 3.93. The molecule has 0 atom stereocenters. The summed E-state index contributed by atoms with van der Waals surface area (Å²) in [4.78, 5) is 4.48. The van der Waals surface area contributed by atoms with Crippen LogP contribution in [0.4, 0.5) is 0 Å². The van der Waals surface area contributed by atoms with Crippen LogP contribution in [-0.4, -0.2) is 12.3 Å². The van der Waals surface area contributed by atoms with Crippen molar-refractivity contribution in [3.63, 3.8) is 0 Å². The lowest BCUT2D eigenvalue weighted by atomic mass is 10.3. The molecule has 0 saturated heterocycles. The zero-order valence-electron chi connectivity index (χ0n) is 6.28. The van der Waals surface area contributed by atoms with Crippen molar-refractivity contribution < 1.29 is 0 Å². The van der Waals surface area contributed by atoms with Gasteiger partial charge in [0.1, 0.15) is 0 Å². The van der Waals surface area contributed by atoms with Crippen molar-refractivity contribution in [2.45, 2.75) is 26.2 Å². The van der Waals surface area contributed by atoms with Crippen LogP contribution < -0.4 is 5.32 Å². The third kappa shape index (κ3) is 0.838. The summed E-state index contributed by atoms with van der Waals surface area (Å²) in [5, 5.41) is 3.38. The second kappa shape index (κ2) is 2.11.